The number of hydrogen-bond donors (Lipinski definition) is 2. The van der Waals surface area contributed by atoms with Gasteiger partial charge in [0.15, 0.2) is 10.9 Å². The maximum absolute atomic E-state index is 11.0. The van der Waals surface area contributed by atoms with Crippen LogP contribution in [0.1, 0.15) is 33.1 Å². The van der Waals surface area contributed by atoms with Gasteiger partial charge in [-0.3, -0.25) is 10.4 Å². The predicted octanol–water partition coefficient (Wildman–Crippen LogP) is 1.91. The highest BCUT2D eigenvalue weighted by molar-refractivity contribution is 6.32. The van der Waals surface area contributed by atoms with Crippen molar-refractivity contribution in [2.45, 2.75) is 33.1 Å². The lowest BCUT2D eigenvalue weighted by Gasteiger charge is -2.29. The van der Waals surface area contributed by atoms with Crippen LogP contribution in [-0.4, -0.2) is 28.5 Å². The molecule has 0 bridgehead atoms. The predicted molar refractivity (Wildman–Crippen MR) is 63.0 cm³/mol. The first-order valence-electron chi connectivity index (χ1n) is 5.35. The van der Waals surface area contributed by atoms with Gasteiger partial charge >= 0.3 is 5.97 Å². The lowest BCUT2D eigenvalue weighted by molar-refractivity contribution is -0.134. The quantitative estimate of drug-likeness (QED) is 0.727. The number of aliphatic imine (C=N–C) groups is 1. The molecule has 0 radical (unpaired) electrons. The summed E-state index contributed by atoms with van der Waals surface area (Å²) in [5, 5.41) is 10.5. The third-order valence-electron chi connectivity index (χ3n) is 2.25. The molecule has 0 aromatic rings. The lowest BCUT2D eigenvalue weighted by atomic mass is 10.2. The van der Waals surface area contributed by atoms with Crippen LogP contribution in [0.25, 0.3) is 0 Å². The SMILES string of the molecule is CCCCC1=NC(Cl)=C(C(=O)O)N(CC)N1. The Labute approximate surface area is 99.8 Å². The molecule has 1 aliphatic rings. The van der Waals surface area contributed by atoms with Gasteiger partial charge in [-0.1, -0.05) is 24.9 Å². The van der Waals surface area contributed by atoms with Crippen molar-refractivity contribution >= 4 is 23.4 Å². The number of amidine groups is 1. The molecule has 0 saturated carbocycles. The Morgan fingerprint density at radius 2 is 2.25 bits per heavy atom. The zero-order valence-corrected chi connectivity index (χ0v) is 10.2. The van der Waals surface area contributed by atoms with E-state index in [-0.39, 0.29) is 10.9 Å². The van der Waals surface area contributed by atoms with Crippen molar-refractivity contribution < 1.29 is 9.90 Å². The molecule has 90 valence electrons. The number of likely N-dealkylation sites (N-methyl/N-ethyl adjacent to an activating group) is 1. The number of carbonyl (C=O) groups is 1. The first kappa shape index (κ1) is 12.8. The van der Waals surface area contributed by atoms with Crippen LogP contribution in [0.15, 0.2) is 15.8 Å². The van der Waals surface area contributed by atoms with Gasteiger partial charge in [0, 0.05) is 13.0 Å². The van der Waals surface area contributed by atoms with Crippen LogP contribution in [-0.2, 0) is 4.79 Å². The van der Waals surface area contributed by atoms with E-state index in [1.165, 1.54) is 5.01 Å². The maximum Gasteiger partial charge on any atom is 0.357 e. The molecular formula is C10H16ClN3O2. The van der Waals surface area contributed by atoms with Gasteiger partial charge in [-0.2, -0.15) is 0 Å². The fraction of sp³-hybridized carbons (Fsp3) is 0.600. The standard InChI is InChI=1S/C10H16ClN3O2/c1-3-5-6-7-12-9(11)8(10(15)16)14(4-2)13-7/h3-6H2,1-2H3,(H,12,13)(H,15,16). The van der Waals surface area contributed by atoms with Crippen LogP contribution in [0, 0.1) is 0 Å². The molecule has 6 heteroatoms. The summed E-state index contributed by atoms with van der Waals surface area (Å²) in [6, 6.07) is 0. The van der Waals surface area contributed by atoms with Crippen LogP contribution < -0.4 is 5.43 Å². The summed E-state index contributed by atoms with van der Waals surface area (Å²) >= 11 is 5.85. The first-order chi connectivity index (χ1) is 7.60. The Balaban J connectivity index is 2.89. The van der Waals surface area contributed by atoms with Gasteiger partial charge < -0.3 is 5.11 Å². The van der Waals surface area contributed by atoms with Crippen molar-refractivity contribution in [3.05, 3.63) is 10.9 Å². The molecule has 0 atom stereocenters. The molecule has 0 amide bonds. The van der Waals surface area contributed by atoms with Gasteiger partial charge in [0.1, 0.15) is 5.84 Å². The second-order valence-corrected chi connectivity index (χ2v) is 3.82. The van der Waals surface area contributed by atoms with Crippen molar-refractivity contribution in [1.82, 2.24) is 10.4 Å². The van der Waals surface area contributed by atoms with Crippen LogP contribution in [0.4, 0.5) is 0 Å². The van der Waals surface area contributed by atoms with Gasteiger partial charge in [0.25, 0.3) is 0 Å². The Bertz CT molecular complexity index is 339. The van der Waals surface area contributed by atoms with Gasteiger partial charge in [-0.05, 0) is 13.3 Å². The second-order valence-electron chi connectivity index (χ2n) is 3.46. The van der Waals surface area contributed by atoms with Crippen LogP contribution in [0.3, 0.4) is 0 Å². The van der Waals surface area contributed by atoms with Crippen molar-refractivity contribution in [2.75, 3.05) is 6.54 Å². The minimum absolute atomic E-state index is 0.00409. The third kappa shape index (κ3) is 2.88. The van der Waals surface area contributed by atoms with E-state index in [1.54, 1.807) is 0 Å². The molecule has 0 unspecified atom stereocenters. The molecule has 2 N–H and O–H groups in total. The molecular weight excluding hydrogens is 230 g/mol. The minimum Gasteiger partial charge on any atom is -0.476 e. The Morgan fingerprint density at radius 1 is 1.56 bits per heavy atom. The number of carboxylic acids is 1. The Hall–Kier alpha value is -1.23. The molecule has 0 aromatic heterocycles. The van der Waals surface area contributed by atoms with Crippen molar-refractivity contribution in [3.8, 4) is 0 Å². The molecule has 0 fully saturated rings. The van der Waals surface area contributed by atoms with E-state index >= 15 is 0 Å². The fourth-order valence-corrected chi connectivity index (χ4v) is 1.70. The molecule has 0 saturated heterocycles. The molecule has 0 spiro atoms. The highest BCUT2D eigenvalue weighted by Gasteiger charge is 2.24. The first-order valence-corrected chi connectivity index (χ1v) is 5.72. The van der Waals surface area contributed by atoms with Gasteiger partial charge in [0.2, 0.25) is 0 Å². The number of nitrogens with one attached hydrogen (secondary N) is 1. The van der Waals surface area contributed by atoms with Gasteiger partial charge in [0.05, 0.1) is 0 Å². The van der Waals surface area contributed by atoms with Crippen LogP contribution in [0.5, 0.6) is 0 Å². The lowest BCUT2D eigenvalue weighted by Crippen LogP contribution is -2.46. The van der Waals surface area contributed by atoms with Crippen molar-refractivity contribution in [3.63, 3.8) is 0 Å². The minimum atomic E-state index is -1.07. The van der Waals surface area contributed by atoms with Crippen LogP contribution in [0.2, 0.25) is 0 Å². The zero-order valence-electron chi connectivity index (χ0n) is 9.46. The Morgan fingerprint density at radius 3 is 2.75 bits per heavy atom. The number of rotatable bonds is 5. The summed E-state index contributed by atoms with van der Waals surface area (Å²) in [6.07, 6.45) is 2.83. The van der Waals surface area contributed by atoms with E-state index in [0.717, 1.165) is 25.1 Å². The van der Waals surface area contributed by atoms with E-state index in [1.807, 2.05) is 6.92 Å². The van der Waals surface area contributed by atoms with E-state index in [9.17, 15) is 4.79 Å². The Kier molecular flexibility index (Phi) is 4.61. The number of hydrazine groups is 1. The number of unbranched alkanes of at least 4 members (excludes halogenated alkanes) is 1. The summed E-state index contributed by atoms with van der Waals surface area (Å²) in [5.41, 5.74) is 2.96. The summed E-state index contributed by atoms with van der Waals surface area (Å²) in [7, 11) is 0. The number of carboxylic acid groups (broad SMARTS) is 1. The number of halogens is 1. The molecule has 1 aliphatic heterocycles. The highest BCUT2D eigenvalue weighted by Crippen LogP contribution is 2.19. The van der Waals surface area contributed by atoms with E-state index in [2.05, 4.69) is 17.3 Å². The summed E-state index contributed by atoms with van der Waals surface area (Å²) < 4.78 is 0. The molecule has 1 rings (SSSR count). The van der Waals surface area contributed by atoms with Gasteiger partial charge in [-0.25, -0.2) is 9.79 Å². The highest BCUT2D eigenvalue weighted by atomic mass is 35.5. The zero-order chi connectivity index (χ0) is 12.1. The molecule has 0 aliphatic carbocycles. The number of hydrogen-bond acceptors (Lipinski definition) is 4. The fourth-order valence-electron chi connectivity index (χ4n) is 1.42. The van der Waals surface area contributed by atoms with Crippen molar-refractivity contribution in [2.24, 2.45) is 4.99 Å². The van der Waals surface area contributed by atoms with E-state index in [4.69, 9.17) is 16.7 Å². The summed E-state index contributed by atoms with van der Waals surface area (Å²) in [6.45, 7) is 4.45. The largest absolute Gasteiger partial charge is 0.476 e. The normalized spacial score (nSPS) is 15.9. The topological polar surface area (TPSA) is 64.9 Å². The molecule has 0 aromatic carbocycles. The molecule has 16 heavy (non-hydrogen) atoms. The maximum atomic E-state index is 11.0. The average Bonchev–Trinajstić information content (AvgIpc) is 2.24. The average molecular weight is 246 g/mol. The van der Waals surface area contributed by atoms with Gasteiger partial charge in [-0.15, -0.1) is 0 Å². The van der Waals surface area contributed by atoms with E-state index in [0.29, 0.717) is 6.54 Å². The third-order valence-corrected chi connectivity index (χ3v) is 2.51. The summed E-state index contributed by atoms with van der Waals surface area (Å²) in [5.74, 6) is -0.351. The molecule has 1 heterocycles. The van der Waals surface area contributed by atoms with E-state index < -0.39 is 5.97 Å². The number of aliphatic carboxylic acids is 1. The van der Waals surface area contributed by atoms with Crippen LogP contribution >= 0.6 is 11.6 Å². The molecule has 5 nitrogen and oxygen atoms in total. The number of nitrogens with zero attached hydrogens (tertiary/aromatic N) is 2. The smallest absolute Gasteiger partial charge is 0.357 e. The second kappa shape index (κ2) is 5.75. The summed E-state index contributed by atoms with van der Waals surface area (Å²) in [4.78, 5) is 15.0. The monoisotopic (exact) mass is 245 g/mol. The van der Waals surface area contributed by atoms with Crippen molar-refractivity contribution in [1.29, 1.82) is 0 Å².